The molecule has 0 unspecified atom stereocenters. The van der Waals surface area contributed by atoms with Crippen LogP contribution in [0, 0.1) is 11.8 Å². The molecule has 1 aromatic heterocycles. The monoisotopic (exact) mass is 387 g/mol. The number of carbonyl (C=O) groups excluding carboxylic acids is 2. The van der Waals surface area contributed by atoms with E-state index in [-0.39, 0.29) is 23.7 Å². The second-order valence-electron chi connectivity index (χ2n) is 8.74. The molecular weight excluding hydrogens is 354 g/mol. The van der Waals surface area contributed by atoms with Gasteiger partial charge < -0.3 is 15.3 Å². The van der Waals surface area contributed by atoms with Crippen molar-refractivity contribution in [3.05, 3.63) is 23.9 Å². The van der Waals surface area contributed by atoms with Gasteiger partial charge in [0.05, 0.1) is 11.7 Å². The van der Waals surface area contributed by atoms with Gasteiger partial charge in [-0.2, -0.15) is 0 Å². The number of aliphatic hydroxyl groups is 1. The lowest BCUT2D eigenvalue weighted by molar-refractivity contribution is -0.124. The molecule has 0 aromatic carbocycles. The van der Waals surface area contributed by atoms with E-state index in [0.717, 1.165) is 44.3 Å². The van der Waals surface area contributed by atoms with Crippen molar-refractivity contribution < 1.29 is 14.7 Å². The lowest BCUT2D eigenvalue weighted by Crippen LogP contribution is -2.42. The number of rotatable bonds is 6. The van der Waals surface area contributed by atoms with E-state index >= 15 is 0 Å². The molecule has 1 aliphatic heterocycles. The molecule has 0 spiro atoms. The molecule has 3 rings (SSSR count). The topological polar surface area (TPSA) is 82.5 Å². The maximum Gasteiger partial charge on any atom is 0.255 e. The first kappa shape index (κ1) is 20.8. The zero-order valence-electron chi connectivity index (χ0n) is 17.1. The number of ketones is 1. The van der Waals surface area contributed by atoms with Crippen molar-refractivity contribution in [2.45, 2.75) is 70.9 Å². The van der Waals surface area contributed by atoms with Gasteiger partial charge in [0, 0.05) is 37.7 Å². The van der Waals surface area contributed by atoms with Crippen molar-refractivity contribution in [2.75, 3.05) is 18.4 Å². The zero-order valence-corrected chi connectivity index (χ0v) is 17.1. The van der Waals surface area contributed by atoms with Gasteiger partial charge in [0.2, 0.25) is 0 Å². The van der Waals surface area contributed by atoms with Crippen LogP contribution >= 0.6 is 0 Å². The van der Waals surface area contributed by atoms with Gasteiger partial charge in [-0.3, -0.25) is 9.59 Å². The van der Waals surface area contributed by atoms with E-state index in [4.69, 9.17) is 0 Å². The number of amides is 1. The number of anilines is 1. The standard InChI is InChI=1S/C22H33N3O3/c1-15(2)12-20(27)17-4-3-11-25(14-17)22(28)16-5-10-21(23-13-16)24-18-6-8-19(26)9-7-18/h5,10,13,15,17-19,26H,3-4,6-9,11-12,14H2,1-2H3,(H,23,24)/t17-,18?,19?/m1/s1. The minimum absolute atomic E-state index is 0.0318. The molecule has 2 N–H and O–H groups in total. The van der Waals surface area contributed by atoms with Gasteiger partial charge >= 0.3 is 0 Å². The number of carbonyl (C=O) groups is 2. The van der Waals surface area contributed by atoms with Crippen LogP contribution < -0.4 is 5.32 Å². The maximum absolute atomic E-state index is 12.9. The van der Waals surface area contributed by atoms with E-state index in [2.05, 4.69) is 24.1 Å². The molecule has 1 atom stereocenters. The summed E-state index contributed by atoms with van der Waals surface area (Å²) in [7, 11) is 0. The van der Waals surface area contributed by atoms with E-state index in [1.807, 2.05) is 12.1 Å². The molecule has 2 fully saturated rings. The summed E-state index contributed by atoms with van der Waals surface area (Å²) in [4.78, 5) is 31.5. The number of nitrogens with one attached hydrogen (secondary N) is 1. The van der Waals surface area contributed by atoms with Crippen molar-refractivity contribution in [2.24, 2.45) is 11.8 Å². The van der Waals surface area contributed by atoms with Crippen LogP contribution in [0.3, 0.4) is 0 Å². The van der Waals surface area contributed by atoms with Crippen molar-refractivity contribution in [1.29, 1.82) is 0 Å². The summed E-state index contributed by atoms with van der Waals surface area (Å²) in [5.41, 5.74) is 0.571. The Balaban J connectivity index is 1.55. The smallest absolute Gasteiger partial charge is 0.255 e. The predicted molar refractivity (Wildman–Crippen MR) is 109 cm³/mol. The van der Waals surface area contributed by atoms with Crippen LogP contribution in [0.5, 0.6) is 0 Å². The number of nitrogens with zero attached hydrogens (tertiary/aromatic N) is 2. The highest BCUT2D eigenvalue weighted by Gasteiger charge is 2.29. The number of pyridine rings is 1. The molecule has 6 nitrogen and oxygen atoms in total. The predicted octanol–water partition coefficient (Wildman–Crippen LogP) is 3.26. The molecule has 1 aliphatic carbocycles. The lowest BCUT2D eigenvalue weighted by Gasteiger charge is -2.32. The van der Waals surface area contributed by atoms with Crippen LogP contribution in [0.1, 0.15) is 69.2 Å². The third-order valence-electron chi connectivity index (χ3n) is 5.83. The highest BCUT2D eigenvalue weighted by Crippen LogP contribution is 2.23. The van der Waals surface area contributed by atoms with E-state index in [1.54, 1.807) is 11.1 Å². The molecule has 0 bridgehead atoms. The number of hydrogen-bond donors (Lipinski definition) is 2. The van der Waals surface area contributed by atoms with Crippen LogP contribution in [0.15, 0.2) is 18.3 Å². The van der Waals surface area contributed by atoms with Crippen molar-refractivity contribution in [3.63, 3.8) is 0 Å². The second-order valence-corrected chi connectivity index (χ2v) is 8.74. The van der Waals surface area contributed by atoms with E-state index in [1.165, 1.54) is 0 Å². The average molecular weight is 388 g/mol. The first-order valence-corrected chi connectivity index (χ1v) is 10.6. The molecule has 6 heteroatoms. The summed E-state index contributed by atoms with van der Waals surface area (Å²) in [6, 6.07) is 3.99. The molecule has 1 saturated carbocycles. The normalized spacial score (nSPS) is 25.6. The lowest BCUT2D eigenvalue weighted by atomic mass is 9.89. The van der Waals surface area contributed by atoms with Crippen LogP contribution in [0.4, 0.5) is 5.82 Å². The third kappa shape index (κ3) is 5.53. The molecule has 1 aromatic rings. The van der Waals surface area contributed by atoms with E-state index in [0.29, 0.717) is 37.0 Å². The summed E-state index contributed by atoms with van der Waals surface area (Å²) >= 11 is 0. The van der Waals surface area contributed by atoms with Crippen molar-refractivity contribution in [1.82, 2.24) is 9.88 Å². The molecule has 28 heavy (non-hydrogen) atoms. The number of hydrogen-bond acceptors (Lipinski definition) is 5. The Kier molecular flexibility index (Phi) is 7.05. The SMILES string of the molecule is CC(C)CC(=O)[C@@H]1CCCN(C(=O)c2ccc(NC3CCC(O)CC3)nc2)C1. The molecule has 0 radical (unpaired) electrons. The minimum Gasteiger partial charge on any atom is -0.393 e. The molecule has 2 heterocycles. The Morgan fingerprint density at radius 1 is 1.21 bits per heavy atom. The van der Waals surface area contributed by atoms with E-state index < -0.39 is 0 Å². The van der Waals surface area contributed by atoms with Gasteiger partial charge in [-0.25, -0.2) is 4.98 Å². The van der Waals surface area contributed by atoms with Crippen LogP contribution in [-0.2, 0) is 4.79 Å². The molecule has 154 valence electrons. The number of piperidine rings is 1. The van der Waals surface area contributed by atoms with Gasteiger partial charge in [0.1, 0.15) is 11.6 Å². The number of likely N-dealkylation sites (tertiary alicyclic amines) is 1. The number of aromatic nitrogens is 1. The van der Waals surface area contributed by atoms with Crippen LogP contribution in [0.25, 0.3) is 0 Å². The van der Waals surface area contributed by atoms with Crippen molar-refractivity contribution in [3.8, 4) is 0 Å². The molecule has 1 saturated heterocycles. The Morgan fingerprint density at radius 3 is 2.61 bits per heavy atom. The molecule has 1 amide bonds. The average Bonchev–Trinajstić information content (AvgIpc) is 2.69. The fourth-order valence-electron chi connectivity index (χ4n) is 4.21. The number of aliphatic hydroxyl groups excluding tert-OH is 1. The fraction of sp³-hybridized carbons (Fsp3) is 0.682. The first-order chi connectivity index (χ1) is 13.4. The summed E-state index contributed by atoms with van der Waals surface area (Å²) in [5.74, 6) is 1.33. The highest BCUT2D eigenvalue weighted by molar-refractivity contribution is 5.94. The zero-order chi connectivity index (χ0) is 20.1. The Labute approximate surface area is 167 Å². The molecular formula is C22H33N3O3. The fourth-order valence-corrected chi connectivity index (χ4v) is 4.21. The molecule has 2 aliphatic rings. The van der Waals surface area contributed by atoms with Gasteiger partial charge in [0.15, 0.2) is 0 Å². The Morgan fingerprint density at radius 2 is 1.96 bits per heavy atom. The van der Waals surface area contributed by atoms with E-state index in [9.17, 15) is 14.7 Å². The summed E-state index contributed by atoms with van der Waals surface area (Å²) in [6.45, 7) is 5.34. The van der Waals surface area contributed by atoms with Gasteiger partial charge in [0.25, 0.3) is 5.91 Å². The Hall–Kier alpha value is -1.95. The Bertz CT molecular complexity index is 666. The van der Waals surface area contributed by atoms with Gasteiger partial charge in [-0.1, -0.05) is 13.8 Å². The highest BCUT2D eigenvalue weighted by atomic mass is 16.3. The third-order valence-corrected chi connectivity index (χ3v) is 5.83. The maximum atomic E-state index is 12.9. The summed E-state index contributed by atoms with van der Waals surface area (Å²) in [6.07, 6.45) is 7.31. The number of Topliss-reactive ketones (excluding diaryl/α,β-unsaturated/α-hetero) is 1. The minimum atomic E-state index is -0.174. The largest absolute Gasteiger partial charge is 0.393 e. The summed E-state index contributed by atoms with van der Waals surface area (Å²) < 4.78 is 0. The second kappa shape index (κ2) is 9.50. The van der Waals surface area contributed by atoms with Gasteiger partial charge in [-0.15, -0.1) is 0 Å². The van der Waals surface area contributed by atoms with Crippen LogP contribution in [-0.4, -0.2) is 51.9 Å². The van der Waals surface area contributed by atoms with Gasteiger partial charge in [-0.05, 0) is 56.6 Å². The summed E-state index contributed by atoms with van der Waals surface area (Å²) in [5, 5.41) is 13.0. The first-order valence-electron chi connectivity index (χ1n) is 10.6. The van der Waals surface area contributed by atoms with Crippen molar-refractivity contribution >= 4 is 17.5 Å². The van der Waals surface area contributed by atoms with Crippen LogP contribution in [0.2, 0.25) is 0 Å². The quantitative estimate of drug-likeness (QED) is 0.783.